The lowest BCUT2D eigenvalue weighted by atomic mass is 10.0. The lowest BCUT2D eigenvalue weighted by Crippen LogP contribution is -2.36. The van der Waals surface area contributed by atoms with E-state index in [0.29, 0.717) is 32.7 Å². The van der Waals surface area contributed by atoms with Crippen molar-refractivity contribution in [2.24, 2.45) is 0 Å². The molecule has 128 valence electrons. The van der Waals surface area contributed by atoms with Crippen molar-refractivity contribution in [1.29, 1.82) is 0 Å². The van der Waals surface area contributed by atoms with E-state index < -0.39 is 0 Å². The normalized spacial score (nSPS) is 14.3. The van der Waals surface area contributed by atoms with Crippen molar-refractivity contribution in [2.75, 3.05) is 26.2 Å². The molecule has 24 heavy (non-hydrogen) atoms. The molecule has 1 fully saturated rings. The standard InChI is InChI=1S/C18H23N3O3/c1-11-4-5-12(2)17-16(11)14(13(3)20-17)10-15(22)19-6-7-21-8-9-24-18(21)23/h4-5,20H,6-10H2,1-3H3,(H,19,22). The fourth-order valence-electron chi connectivity index (χ4n) is 3.21. The molecule has 1 aliphatic heterocycles. The number of aryl methyl sites for hydroxylation is 3. The maximum atomic E-state index is 12.3. The SMILES string of the molecule is Cc1[nH]c2c(C)ccc(C)c2c1CC(=O)NCCN1CCOC1=O. The summed E-state index contributed by atoms with van der Waals surface area (Å²) < 4.78 is 4.87. The third-order valence-corrected chi connectivity index (χ3v) is 4.58. The van der Waals surface area contributed by atoms with E-state index in [-0.39, 0.29) is 12.0 Å². The molecule has 0 bridgehead atoms. The molecule has 1 aromatic carbocycles. The van der Waals surface area contributed by atoms with Gasteiger partial charge in [0.15, 0.2) is 0 Å². The van der Waals surface area contributed by atoms with Gasteiger partial charge in [0.25, 0.3) is 0 Å². The first-order valence-corrected chi connectivity index (χ1v) is 8.23. The number of benzene rings is 1. The van der Waals surface area contributed by atoms with Crippen LogP contribution in [0.3, 0.4) is 0 Å². The number of aromatic nitrogens is 1. The monoisotopic (exact) mass is 329 g/mol. The highest BCUT2D eigenvalue weighted by atomic mass is 16.6. The largest absolute Gasteiger partial charge is 0.448 e. The van der Waals surface area contributed by atoms with E-state index in [1.165, 1.54) is 11.1 Å². The number of hydrogen-bond donors (Lipinski definition) is 2. The fraction of sp³-hybridized carbons (Fsp3) is 0.444. The van der Waals surface area contributed by atoms with Gasteiger partial charge in [-0.15, -0.1) is 0 Å². The van der Waals surface area contributed by atoms with Gasteiger partial charge in [0.1, 0.15) is 6.61 Å². The van der Waals surface area contributed by atoms with Gasteiger partial charge in [-0.2, -0.15) is 0 Å². The molecule has 2 amide bonds. The van der Waals surface area contributed by atoms with E-state index >= 15 is 0 Å². The number of hydrogen-bond acceptors (Lipinski definition) is 3. The molecule has 1 saturated heterocycles. The second kappa shape index (κ2) is 6.55. The van der Waals surface area contributed by atoms with E-state index in [0.717, 1.165) is 22.2 Å². The van der Waals surface area contributed by atoms with Crippen molar-refractivity contribution in [3.8, 4) is 0 Å². The van der Waals surface area contributed by atoms with Crippen LogP contribution in [-0.2, 0) is 16.0 Å². The first-order valence-electron chi connectivity index (χ1n) is 8.23. The maximum absolute atomic E-state index is 12.3. The van der Waals surface area contributed by atoms with E-state index in [9.17, 15) is 9.59 Å². The Morgan fingerprint density at radius 2 is 2.04 bits per heavy atom. The van der Waals surface area contributed by atoms with Crippen molar-refractivity contribution in [1.82, 2.24) is 15.2 Å². The van der Waals surface area contributed by atoms with Gasteiger partial charge in [0.2, 0.25) is 5.91 Å². The molecule has 1 aliphatic rings. The average molecular weight is 329 g/mol. The minimum atomic E-state index is -0.303. The lowest BCUT2D eigenvalue weighted by molar-refractivity contribution is -0.120. The molecule has 0 spiro atoms. The van der Waals surface area contributed by atoms with E-state index in [4.69, 9.17) is 4.74 Å². The second-order valence-corrected chi connectivity index (χ2v) is 6.31. The smallest absolute Gasteiger partial charge is 0.409 e. The molecular weight excluding hydrogens is 306 g/mol. The number of carbonyl (C=O) groups is 2. The van der Waals surface area contributed by atoms with Crippen LogP contribution in [0.5, 0.6) is 0 Å². The third kappa shape index (κ3) is 3.09. The van der Waals surface area contributed by atoms with E-state index in [2.05, 4.69) is 36.3 Å². The Bertz CT molecular complexity index is 794. The van der Waals surface area contributed by atoms with Gasteiger partial charge in [0, 0.05) is 29.7 Å². The van der Waals surface area contributed by atoms with Crippen LogP contribution in [0, 0.1) is 20.8 Å². The Balaban J connectivity index is 1.66. The minimum Gasteiger partial charge on any atom is -0.448 e. The number of H-pyrrole nitrogens is 1. The Kier molecular flexibility index (Phi) is 4.46. The number of nitrogens with one attached hydrogen (secondary N) is 2. The summed E-state index contributed by atoms with van der Waals surface area (Å²) in [6.45, 7) is 8.07. The van der Waals surface area contributed by atoms with Crippen LogP contribution in [-0.4, -0.2) is 48.1 Å². The molecule has 0 radical (unpaired) electrons. The topological polar surface area (TPSA) is 74.4 Å². The van der Waals surface area contributed by atoms with Crippen LogP contribution in [0.4, 0.5) is 4.79 Å². The highest BCUT2D eigenvalue weighted by Gasteiger charge is 2.21. The van der Waals surface area contributed by atoms with Gasteiger partial charge in [-0.25, -0.2) is 4.79 Å². The average Bonchev–Trinajstić information content (AvgIpc) is 3.09. The summed E-state index contributed by atoms with van der Waals surface area (Å²) in [5.74, 6) is -0.0347. The van der Waals surface area contributed by atoms with Crippen LogP contribution in [0.25, 0.3) is 10.9 Å². The van der Waals surface area contributed by atoms with Gasteiger partial charge in [-0.05, 0) is 37.5 Å². The molecular formula is C18H23N3O3. The number of amides is 2. The van der Waals surface area contributed by atoms with Crippen molar-refractivity contribution < 1.29 is 14.3 Å². The summed E-state index contributed by atoms with van der Waals surface area (Å²) in [4.78, 5) is 28.7. The molecule has 0 unspecified atom stereocenters. The van der Waals surface area contributed by atoms with Crippen molar-refractivity contribution in [3.63, 3.8) is 0 Å². The molecule has 3 rings (SSSR count). The molecule has 2 N–H and O–H groups in total. The zero-order valence-corrected chi connectivity index (χ0v) is 14.4. The van der Waals surface area contributed by atoms with Crippen LogP contribution >= 0.6 is 0 Å². The summed E-state index contributed by atoms with van der Waals surface area (Å²) in [5.41, 5.74) is 5.53. The van der Waals surface area contributed by atoms with Crippen molar-refractivity contribution >= 4 is 22.9 Å². The first-order chi connectivity index (χ1) is 11.5. The number of nitrogens with zero attached hydrogens (tertiary/aromatic N) is 1. The molecule has 2 heterocycles. The molecule has 6 heteroatoms. The molecule has 6 nitrogen and oxygen atoms in total. The number of cyclic esters (lactones) is 1. The van der Waals surface area contributed by atoms with E-state index in [1.807, 2.05) is 6.92 Å². The molecule has 1 aromatic heterocycles. The number of ether oxygens (including phenoxy) is 1. The quantitative estimate of drug-likeness (QED) is 0.883. The summed E-state index contributed by atoms with van der Waals surface area (Å²) in [6.07, 6.45) is 0.0310. The van der Waals surface area contributed by atoms with Gasteiger partial charge < -0.3 is 19.9 Å². The summed E-state index contributed by atoms with van der Waals surface area (Å²) in [5, 5.41) is 4.04. The van der Waals surface area contributed by atoms with E-state index in [1.54, 1.807) is 4.90 Å². The summed E-state index contributed by atoms with van der Waals surface area (Å²) >= 11 is 0. The number of fused-ring (bicyclic) bond motifs is 1. The molecule has 2 aromatic rings. The summed E-state index contributed by atoms with van der Waals surface area (Å²) in [7, 11) is 0. The highest BCUT2D eigenvalue weighted by molar-refractivity contribution is 5.93. The van der Waals surface area contributed by atoms with Gasteiger partial charge in [-0.3, -0.25) is 4.79 Å². The van der Waals surface area contributed by atoms with Gasteiger partial charge in [-0.1, -0.05) is 12.1 Å². The van der Waals surface area contributed by atoms with Crippen molar-refractivity contribution in [2.45, 2.75) is 27.2 Å². The Labute approximate surface area is 141 Å². The maximum Gasteiger partial charge on any atom is 0.409 e. The minimum absolute atomic E-state index is 0.0347. The molecule has 0 atom stereocenters. The Morgan fingerprint density at radius 3 is 2.75 bits per heavy atom. The van der Waals surface area contributed by atoms with Gasteiger partial charge in [0.05, 0.1) is 13.0 Å². The van der Waals surface area contributed by atoms with Crippen LogP contribution in [0.15, 0.2) is 12.1 Å². The predicted octanol–water partition coefficient (Wildman–Crippen LogP) is 2.20. The highest BCUT2D eigenvalue weighted by Crippen LogP contribution is 2.28. The van der Waals surface area contributed by atoms with Crippen LogP contribution in [0.1, 0.15) is 22.4 Å². The predicted molar refractivity (Wildman–Crippen MR) is 92.1 cm³/mol. The lowest BCUT2D eigenvalue weighted by Gasteiger charge is -2.13. The first kappa shape index (κ1) is 16.4. The van der Waals surface area contributed by atoms with Crippen molar-refractivity contribution in [3.05, 3.63) is 34.5 Å². The number of aromatic amines is 1. The number of carbonyl (C=O) groups excluding carboxylic acids is 2. The summed E-state index contributed by atoms with van der Waals surface area (Å²) in [6, 6.07) is 4.18. The zero-order valence-electron chi connectivity index (χ0n) is 14.4. The molecule has 0 aliphatic carbocycles. The zero-order chi connectivity index (χ0) is 17.3. The van der Waals surface area contributed by atoms with Crippen LogP contribution in [0.2, 0.25) is 0 Å². The Morgan fingerprint density at radius 1 is 1.29 bits per heavy atom. The Hall–Kier alpha value is -2.50. The van der Waals surface area contributed by atoms with Crippen LogP contribution < -0.4 is 5.32 Å². The third-order valence-electron chi connectivity index (χ3n) is 4.58. The van der Waals surface area contributed by atoms with Gasteiger partial charge >= 0.3 is 6.09 Å². The number of rotatable bonds is 5. The second-order valence-electron chi connectivity index (χ2n) is 6.31. The molecule has 0 saturated carbocycles. The fourth-order valence-corrected chi connectivity index (χ4v) is 3.21.